The fraction of sp³-hybridized carbons (Fsp3) is 0.353. The zero-order chi connectivity index (χ0) is 29.7. The maximum atomic E-state index is 8.33. The van der Waals surface area contributed by atoms with Crippen LogP contribution < -0.4 is 5.73 Å². The third-order valence-corrected chi connectivity index (χ3v) is 8.64. The van der Waals surface area contributed by atoms with Gasteiger partial charge in [-0.3, -0.25) is 14.7 Å². The Kier molecular flexibility index (Phi) is 6.77. The zero-order valence-electron chi connectivity index (χ0n) is 25.0. The van der Waals surface area contributed by atoms with Gasteiger partial charge in [-0.25, -0.2) is 15.0 Å². The van der Waals surface area contributed by atoms with Gasteiger partial charge in [0.1, 0.15) is 28.5 Å². The molecule has 220 valence electrons. The van der Waals surface area contributed by atoms with Gasteiger partial charge in [0.15, 0.2) is 0 Å². The van der Waals surface area contributed by atoms with Crippen LogP contribution in [-0.2, 0) is 4.74 Å². The highest BCUT2D eigenvalue weighted by molar-refractivity contribution is 5.91. The van der Waals surface area contributed by atoms with Crippen molar-refractivity contribution in [3.63, 3.8) is 0 Å². The summed E-state index contributed by atoms with van der Waals surface area (Å²) in [5.41, 5.74) is 11.8. The molecule has 2 aromatic carbocycles. The Bertz CT molecular complexity index is 1790. The number of rotatable bonds is 4. The van der Waals surface area contributed by atoms with Crippen LogP contribution in [0.1, 0.15) is 45.4 Å². The second-order valence-corrected chi connectivity index (χ2v) is 12.7. The van der Waals surface area contributed by atoms with Crippen molar-refractivity contribution in [3.05, 3.63) is 78.9 Å². The number of benzene rings is 2. The SMILES string of the molecule is CC(C)(C)OC(=N)N1CCN(C2CC(c3nc(-c4ccc5ccc(-c6ccccc6)nc5c4)c4c(N)nccn34)C2)CC1. The van der Waals surface area contributed by atoms with Crippen LogP contribution in [0.3, 0.4) is 0 Å². The highest BCUT2D eigenvalue weighted by Crippen LogP contribution is 2.42. The third-order valence-electron chi connectivity index (χ3n) is 8.64. The number of hydrogen-bond donors (Lipinski definition) is 2. The summed E-state index contributed by atoms with van der Waals surface area (Å²) in [4.78, 5) is 19.2. The number of piperazine rings is 1. The molecule has 3 aromatic heterocycles. The van der Waals surface area contributed by atoms with Crippen molar-refractivity contribution in [1.82, 2.24) is 29.2 Å². The normalized spacial score (nSPS) is 19.5. The summed E-state index contributed by atoms with van der Waals surface area (Å²) in [5, 5.41) is 9.42. The summed E-state index contributed by atoms with van der Waals surface area (Å²) in [6.07, 6.45) is 5.85. The first-order chi connectivity index (χ1) is 20.7. The van der Waals surface area contributed by atoms with Crippen LogP contribution in [0, 0.1) is 5.41 Å². The van der Waals surface area contributed by atoms with E-state index >= 15 is 0 Å². The molecule has 7 rings (SSSR count). The quantitative estimate of drug-likeness (QED) is 0.206. The largest absolute Gasteiger partial charge is 0.460 e. The number of imidazole rings is 1. The molecule has 0 spiro atoms. The lowest BCUT2D eigenvalue weighted by molar-refractivity contribution is 0.0415. The first-order valence-electron chi connectivity index (χ1n) is 15.1. The topological polar surface area (TPSA) is 109 Å². The maximum absolute atomic E-state index is 8.33. The lowest BCUT2D eigenvalue weighted by Crippen LogP contribution is -2.55. The van der Waals surface area contributed by atoms with Gasteiger partial charge in [0.25, 0.3) is 6.02 Å². The highest BCUT2D eigenvalue weighted by Gasteiger charge is 2.39. The number of nitrogens with one attached hydrogen (secondary N) is 1. The van der Waals surface area contributed by atoms with Gasteiger partial charge in [0, 0.05) is 67.0 Å². The molecule has 43 heavy (non-hydrogen) atoms. The summed E-state index contributed by atoms with van der Waals surface area (Å²) in [6.45, 7) is 9.46. The molecule has 5 aromatic rings. The number of hydrogen-bond acceptors (Lipinski definition) is 7. The fourth-order valence-electron chi connectivity index (χ4n) is 6.35. The van der Waals surface area contributed by atoms with Crippen molar-refractivity contribution in [2.75, 3.05) is 31.9 Å². The molecule has 0 unspecified atom stereocenters. The molecular weight excluding hydrogens is 536 g/mol. The van der Waals surface area contributed by atoms with Crippen LogP contribution in [0.25, 0.3) is 38.9 Å². The summed E-state index contributed by atoms with van der Waals surface area (Å²) in [6, 6.07) is 21.6. The standard InChI is InChI=1S/C34H38N8O/c1-34(2,3)43-33(36)41-17-15-40(16-18-41)26-19-25(20-26)32-39-29(30-31(35)37-13-14-42(30)32)24-10-9-23-11-12-27(38-28(23)21-24)22-7-5-4-6-8-22/h4-14,21,25-26,36H,15-20H2,1-3H3,(H2,35,37). The Balaban J connectivity index is 1.11. The third kappa shape index (κ3) is 5.29. The fourth-order valence-corrected chi connectivity index (χ4v) is 6.35. The van der Waals surface area contributed by atoms with E-state index in [0.717, 1.165) is 83.8 Å². The Morgan fingerprint density at radius 2 is 1.67 bits per heavy atom. The summed E-state index contributed by atoms with van der Waals surface area (Å²) < 4.78 is 7.93. The molecule has 9 nitrogen and oxygen atoms in total. The summed E-state index contributed by atoms with van der Waals surface area (Å²) in [7, 11) is 0. The number of aromatic nitrogens is 4. The smallest absolute Gasteiger partial charge is 0.285 e. The molecule has 1 saturated carbocycles. The van der Waals surface area contributed by atoms with Crippen LogP contribution in [0.2, 0.25) is 0 Å². The first-order valence-corrected chi connectivity index (χ1v) is 15.1. The molecule has 1 aliphatic carbocycles. The molecular formula is C34H38N8O. The van der Waals surface area contributed by atoms with Crippen LogP contribution in [0.15, 0.2) is 73.1 Å². The van der Waals surface area contributed by atoms with Crippen molar-refractivity contribution < 1.29 is 4.74 Å². The number of fused-ring (bicyclic) bond motifs is 2. The van der Waals surface area contributed by atoms with Gasteiger partial charge < -0.3 is 15.4 Å². The van der Waals surface area contributed by atoms with Gasteiger partial charge in [0.2, 0.25) is 0 Å². The van der Waals surface area contributed by atoms with Gasteiger partial charge in [-0.05, 0) is 45.7 Å². The number of nitrogens with two attached hydrogens (primary N) is 1. The van der Waals surface area contributed by atoms with E-state index in [1.54, 1.807) is 6.20 Å². The van der Waals surface area contributed by atoms with Crippen molar-refractivity contribution in [2.24, 2.45) is 0 Å². The lowest BCUT2D eigenvalue weighted by Gasteiger charge is -2.46. The van der Waals surface area contributed by atoms with Crippen molar-refractivity contribution in [3.8, 4) is 22.5 Å². The van der Waals surface area contributed by atoms with E-state index < -0.39 is 0 Å². The molecule has 1 saturated heterocycles. The van der Waals surface area contributed by atoms with Crippen molar-refractivity contribution in [2.45, 2.75) is 51.2 Å². The van der Waals surface area contributed by atoms with E-state index in [9.17, 15) is 0 Å². The molecule has 0 bridgehead atoms. The van der Waals surface area contributed by atoms with Crippen LogP contribution in [-0.4, -0.2) is 73.0 Å². The molecule has 0 atom stereocenters. The average Bonchev–Trinajstić information content (AvgIpc) is 3.36. The van der Waals surface area contributed by atoms with Crippen LogP contribution in [0.5, 0.6) is 0 Å². The van der Waals surface area contributed by atoms with Gasteiger partial charge in [-0.1, -0.05) is 48.5 Å². The van der Waals surface area contributed by atoms with Gasteiger partial charge >= 0.3 is 0 Å². The summed E-state index contributed by atoms with van der Waals surface area (Å²) >= 11 is 0. The minimum Gasteiger partial charge on any atom is -0.460 e. The summed E-state index contributed by atoms with van der Waals surface area (Å²) in [5.74, 6) is 1.87. The second kappa shape index (κ2) is 10.6. The predicted octanol–water partition coefficient (Wildman–Crippen LogP) is 5.81. The van der Waals surface area contributed by atoms with E-state index in [-0.39, 0.29) is 11.6 Å². The van der Waals surface area contributed by atoms with E-state index in [0.29, 0.717) is 17.8 Å². The first kappa shape index (κ1) is 27.3. The van der Waals surface area contributed by atoms with E-state index in [1.165, 1.54) is 0 Å². The molecule has 3 N–H and O–H groups in total. The van der Waals surface area contributed by atoms with Gasteiger partial charge in [-0.15, -0.1) is 0 Å². The van der Waals surface area contributed by atoms with E-state index in [2.05, 4.69) is 56.7 Å². The Morgan fingerprint density at radius 3 is 2.42 bits per heavy atom. The van der Waals surface area contributed by atoms with Crippen LogP contribution in [0.4, 0.5) is 5.82 Å². The number of ether oxygens (including phenoxy) is 1. The number of anilines is 1. The van der Waals surface area contributed by atoms with Gasteiger partial charge in [0.05, 0.1) is 11.2 Å². The van der Waals surface area contributed by atoms with E-state index in [4.69, 9.17) is 25.8 Å². The highest BCUT2D eigenvalue weighted by atomic mass is 16.5. The number of amidine groups is 1. The number of nitrogens with zero attached hydrogens (tertiary/aromatic N) is 6. The average molecular weight is 575 g/mol. The van der Waals surface area contributed by atoms with E-state index in [1.807, 2.05) is 50.1 Å². The van der Waals surface area contributed by atoms with Crippen LogP contribution >= 0.6 is 0 Å². The van der Waals surface area contributed by atoms with Gasteiger partial charge in [-0.2, -0.15) is 0 Å². The lowest BCUT2D eigenvalue weighted by atomic mass is 9.78. The maximum Gasteiger partial charge on any atom is 0.285 e. The Morgan fingerprint density at radius 1 is 0.930 bits per heavy atom. The second-order valence-electron chi connectivity index (χ2n) is 12.7. The van der Waals surface area contributed by atoms with Crippen molar-refractivity contribution in [1.29, 1.82) is 5.41 Å². The van der Waals surface area contributed by atoms with Crippen molar-refractivity contribution >= 4 is 28.3 Å². The molecule has 4 heterocycles. The molecule has 2 aliphatic rings. The molecule has 0 radical (unpaired) electrons. The number of pyridine rings is 1. The monoisotopic (exact) mass is 574 g/mol. The predicted molar refractivity (Wildman–Crippen MR) is 171 cm³/mol. The minimum absolute atomic E-state index is 0.279. The zero-order valence-corrected chi connectivity index (χ0v) is 25.0. The Hall–Kier alpha value is -4.50. The molecule has 0 amide bonds. The Labute approximate surface area is 251 Å². The molecule has 9 heteroatoms. The minimum atomic E-state index is -0.353. The number of nitrogen functional groups attached to an aromatic ring is 1. The molecule has 1 aliphatic heterocycles. The molecule has 2 fully saturated rings.